The van der Waals surface area contributed by atoms with Gasteiger partial charge in [0.25, 0.3) is 0 Å². The average Bonchev–Trinajstić information content (AvgIpc) is 3.24. The Labute approximate surface area is 198 Å². The van der Waals surface area contributed by atoms with Gasteiger partial charge >= 0.3 is 6.18 Å². The smallest absolute Gasteiger partial charge is 0.357 e. The van der Waals surface area contributed by atoms with Crippen molar-refractivity contribution in [1.29, 1.82) is 0 Å². The summed E-state index contributed by atoms with van der Waals surface area (Å²) < 4.78 is 40.9. The van der Waals surface area contributed by atoms with Crippen molar-refractivity contribution in [2.75, 3.05) is 32.7 Å². The Balaban J connectivity index is 0.00000341. The Morgan fingerprint density at radius 3 is 2.39 bits per heavy atom. The maximum atomic E-state index is 13.0. The van der Waals surface area contributed by atoms with Gasteiger partial charge in [-0.2, -0.15) is 18.3 Å². The van der Waals surface area contributed by atoms with Crippen molar-refractivity contribution in [3.05, 3.63) is 53.9 Å². The molecular formula is C21H30F3IN6. The highest BCUT2D eigenvalue weighted by molar-refractivity contribution is 14.0. The molecule has 1 atom stereocenters. The number of hydrogen-bond donors (Lipinski definition) is 1. The zero-order valence-electron chi connectivity index (χ0n) is 17.8. The van der Waals surface area contributed by atoms with E-state index in [-0.39, 0.29) is 24.0 Å². The van der Waals surface area contributed by atoms with Gasteiger partial charge < -0.3 is 10.2 Å². The summed E-state index contributed by atoms with van der Waals surface area (Å²) in [5, 5.41) is 7.54. The van der Waals surface area contributed by atoms with Crippen LogP contribution in [0.4, 0.5) is 13.2 Å². The number of benzene rings is 1. The molecule has 0 bridgehead atoms. The molecule has 2 aromatic rings. The van der Waals surface area contributed by atoms with Gasteiger partial charge in [-0.1, -0.05) is 24.3 Å². The van der Waals surface area contributed by atoms with Crippen molar-refractivity contribution >= 4 is 29.9 Å². The van der Waals surface area contributed by atoms with Crippen molar-refractivity contribution < 1.29 is 13.2 Å². The molecule has 0 spiro atoms. The number of hydrogen-bond acceptors (Lipinski definition) is 3. The average molecular weight is 550 g/mol. The van der Waals surface area contributed by atoms with E-state index in [1.54, 1.807) is 6.20 Å². The van der Waals surface area contributed by atoms with Crippen LogP contribution in [0.25, 0.3) is 0 Å². The summed E-state index contributed by atoms with van der Waals surface area (Å²) in [4.78, 5) is 8.30. The molecule has 1 aliphatic rings. The van der Waals surface area contributed by atoms with E-state index in [2.05, 4.69) is 22.5 Å². The quantitative estimate of drug-likeness (QED) is 0.340. The third kappa shape index (κ3) is 7.09. The lowest BCUT2D eigenvalue weighted by molar-refractivity contribution is -0.181. The van der Waals surface area contributed by atoms with Crippen LogP contribution in [0.1, 0.15) is 25.0 Å². The van der Waals surface area contributed by atoms with Crippen LogP contribution in [0, 0.1) is 0 Å². The van der Waals surface area contributed by atoms with Gasteiger partial charge in [-0.25, -0.2) is 4.99 Å². The Hall–Kier alpha value is -1.82. The lowest BCUT2D eigenvalue weighted by Crippen LogP contribution is -2.56. The summed E-state index contributed by atoms with van der Waals surface area (Å²) in [5.74, 6) is 0.741. The molecule has 0 saturated carbocycles. The van der Waals surface area contributed by atoms with Crippen LogP contribution >= 0.6 is 24.0 Å². The van der Waals surface area contributed by atoms with E-state index in [0.29, 0.717) is 45.8 Å². The molecule has 3 rings (SSSR count). The number of aliphatic imine (C=N–C) groups is 1. The first-order chi connectivity index (χ1) is 14.4. The van der Waals surface area contributed by atoms with Crippen LogP contribution in [0.5, 0.6) is 0 Å². The zero-order chi connectivity index (χ0) is 21.6. The topological polar surface area (TPSA) is 48.7 Å². The number of rotatable bonds is 6. The maximum Gasteiger partial charge on any atom is 0.403 e. The molecule has 31 heavy (non-hydrogen) atoms. The molecule has 1 N–H and O–H groups in total. The van der Waals surface area contributed by atoms with Crippen molar-refractivity contribution in [2.24, 2.45) is 4.99 Å². The molecule has 0 aliphatic carbocycles. The number of alkyl halides is 3. The van der Waals surface area contributed by atoms with Gasteiger partial charge in [-0.15, -0.1) is 24.0 Å². The Kier molecular flexibility index (Phi) is 9.60. The van der Waals surface area contributed by atoms with Gasteiger partial charge in [0.15, 0.2) is 5.96 Å². The van der Waals surface area contributed by atoms with Gasteiger partial charge in [0.05, 0.1) is 13.1 Å². The Morgan fingerprint density at radius 1 is 1.13 bits per heavy atom. The van der Waals surface area contributed by atoms with Crippen molar-refractivity contribution in [3.8, 4) is 0 Å². The highest BCUT2D eigenvalue weighted by Gasteiger charge is 2.41. The standard InChI is InChI=1S/C21H29F3N6.HI/c1-3-25-20(29-13-11-28(12-14-29)17(2)21(22,23)24)26-15-18-7-4-5-8-19(18)16-30-10-6-9-27-30;/h4-10,17H,3,11-16H2,1-2H3,(H,25,26);1H. The maximum absolute atomic E-state index is 13.0. The van der Waals surface area contributed by atoms with Crippen molar-refractivity contribution in [3.63, 3.8) is 0 Å². The number of piperazine rings is 1. The first kappa shape index (κ1) is 25.4. The van der Waals surface area contributed by atoms with E-state index in [0.717, 1.165) is 17.1 Å². The molecular weight excluding hydrogens is 520 g/mol. The third-order valence-corrected chi connectivity index (χ3v) is 5.38. The van der Waals surface area contributed by atoms with Crippen LogP contribution in [-0.4, -0.2) is 70.5 Å². The van der Waals surface area contributed by atoms with Crippen molar-refractivity contribution in [2.45, 2.75) is 39.2 Å². The van der Waals surface area contributed by atoms with Gasteiger partial charge in [0.2, 0.25) is 0 Å². The van der Waals surface area contributed by atoms with E-state index < -0.39 is 12.2 Å². The van der Waals surface area contributed by atoms with Gasteiger partial charge in [0, 0.05) is 45.1 Å². The molecule has 6 nitrogen and oxygen atoms in total. The summed E-state index contributed by atoms with van der Waals surface area (Å²) in [6.45, 7) is 6.84. The molecule has 0 amide bonds. The van der Waals surface area contributed by atoms with E-state index >= 15 is 0 Å². The highest BCUT2D eigenvalue weighted by atomic mass is 127. The SMILES string of the molecule is CCNC(=NCc1ccccc1Cn1cccn1)N1CCN(C(C)C(F)(F)F)CC1.I. The summed E-state index contributed by atoms with van der Waals surface area (Å²) in [7, 11) is 0. The summed E-state index contributed by atoms with van der Waals surface area (Å²) in [5.41, 5.74) is 2.25. The molecule has 1 unspecified atom stereocenters. The molecule has 1 aliphatic heterocycles. The molecule has 2 heterocycles. The molecule has 1 fully saturated rings. The van der Waals surface area contributed by atoms with Crippen LogP contribution < -0.4 is 5.32 Å². The van der Waals surface area contributed by atoms with Crippen LogP contribution in [0.2, 0.25) is 0 Å². The summed E-state index contributed by atoms with van der Waals surface area (Å²) in [6.07, 6.45) is -0.520. The number of aromatic nitrogens is 2. The van der Waals surface area contributed by atoms with Gasteiger partial charge in [-0.3, -0.25) is 9.58 Å². The van der Waals surface area contributed by atoms with Crippen LogP contribution in [-0.2, 0) is 13.1 Å². The second-order valence-corrected chi connectivity index (χ2v) is 7.38. The zero-order valence-corrected chi connectivity index (χ0v) is 20.2. The Morgan fingerprint density at radius 2 is 1.81 bits per heavy atom. The minimum atomic E-state index is -4.20. The second kappa shape index (κ2) is 11.7. The molecule has 1 saturated heterocycles. The molecule has 172 valence electrons. The normalized spacial score (nSPS) is 16.7. The van der Waals surface area contributed by atoms with E-state index in [9.17, 15) is 13.2 Å². The fraction of sp³-hybridized carbons (Fsp3) is 0.524. The predicted molar refractivity (Wildman–Crippen MR) is 127 cm³/mol. The molecule has 1 aromatic carbocycles. The third-order valence-electron chi connectivity index (χ3n) is 5.38. The summed E-state index contributed by atoms with van der Waals surface area (Å²) >= 11 is 0. The van der Waals surface area contributed by atoms with E-state index in [1.807, 2.05) is 40.9 Å². The first-order valence-electron chi connectivity index (χ1n) is 10.3. The lowest BCUT2D eigenvalue weighted by Gasteiger charge is -2.39. The fourth-order valence-corrected chi connectivity index (χ4v) is 3.55. The van der Waals surface area contributed by atoms with Crippen LogP contribution in [0.15, 0.2) is 47.7 Å². The fourth-order valence-electron chi connectivity index (χ4n) is 3.55. The predicted octanol–water partition coefficient (Wildman–Crippen LogP) is 3.58. The van der Waals surface area contributed by atoms with E-state index in [1.165, 1.54) is 11.8 Å². The van der Waals surface area contributed by atoms with Crippen molar-refractivity contribution in [1.82, 2.24) is 24.9 Å². The minimum absolute atomic E-state index is 0. The Bertz CT molecular complexity index is 817. The van der Waals surface area contributed by atoms with Crippen LogP contribution in [0.3, 0.4) is 0 Å². The van der Waals surface area contributed by atoms with E-state index in [4.69, 9.17) is 4.99 Å². The summed E-state index contributed by atoms with van der Waals surface area (Å²) in [6, 6.07) is 8.57. The second-order valence-electron chi connectivity index (χ2n) is 7.38. The number of nitrogens with one attached hydrogen (secondary N) is 1. The molecule has 10 heteroatoms. The minimum Gasteiger partial charge on any atom is -0.357 e. The van der Waals surface area contributed by atoms with Gasteiger partial charge in [-0.05, 0) is 31.0 Å². The molecule has 0 radical (unpaired) electrons. The lowest BCUT2D eigenvalue weighted by atomic mass is 10.1. The first-order valence-corrected chi connectivity index (χ1v) is 10.3. The highest BCUT2D eigenvalue weighted by Crippen LogP contribution is 2.25. The monoisotopic (exact) mass is 550 g/mol. The number of guanidine groups is 1. The number of halogens is 4. The number of nitrogens with zero attached hydrogens (tertiary/aromatic N) is 5. The molecule has 1 aromatic heterocycles. The van der Waals surface area contributed by atoms with Gasteiger partial charge in [0.1, 0.15) is 6.04 Å². The largest absolute Gasteiger partial charge is 0.403 e.